The van der Waals surface area contributed by atoms with Crippen molar-refractivity contribution in [1.82, 2.24) is 0 Å². The van der Waals surface area contributed by atoms with Crippen molar-refractivity contribution >= 4 is 51.5 Å². The quantitative estimate of drug-likeness (QED) is 0.175. The number of rotatable bonds is 1. The molecule has 0 aromatic heterocycles. The van der Waals surface area contributed by atoms with E-state index in [-0.39, 0.29) is 28.5 Å². The Balaban J connectivity index is 1.49. The molecule has 0 bridgehead atoms. The summed E-state index contributed by atoms with van der Waals surface area (Å²) < 4.78 is 0. The smallest absolute Gasteiger partial charge is 0.252 e. The first-order valence-corrected chi connectivity index (χ1v) is 17.7. The molecule has 3 heterocycles. The third-order valence-corrected chi connectivity index (χ3v) is 12.4. The van der Waals surface area contributed by atoms with E-state index in [4.69, 9.17) is 0 Å². The summed E-state index contributed by atoms with van der Waals surface area (Å²) in [7, 11) is 0. The van der Waals surface area contributed by atoms with Crippen LogP contribution in [0.2, 0.25) is 0 Å². The lowest BCUT2D eigenvalue weighted by Gasteiger charge is -2.53. The predicted molar refractivity (Wildman–Crippen MR) is 200 cm³/mol. The standard InChI is InChI=1S/C43H51BN2/c1-26-14-15-33-35(20-26)45(31-24-29(40(4,5)6)23-30(25-31)41(7,8)9)36-21-28(3)22-37-38(36)44(33)34-19-27(2)18-32-39(34)46(37)43(11)17-13-12-16-42(32,43)10/h14-15,18-25H,12-13,16-17H2,1-11H3. The predicted octanol–water partition coefficient (Wildman–Crippen LogP) is 9.56. The van der Waals surface area contributed by atoms with E-state index in [1.54, 1.807) is 5.56 Å². The van der Waals surface area contributed by atoms with E-state index in [1.165, 1.54) is 98.3 Å². The molecule has 8 rings (SSSR count). The summed E-state index contributed by atoms with van der Waals surface area (Å²) >= 11 is 0. The largest absolute Gasteiger partial charge is 0.335 e. The molecular weight excluding hydrogens is 555 g/mol. The molecule has 0 N–H and O–H groups in total. The summed E-state index contributed by atoms with van der Waals surface area (Å²) in [6.45, 7) is 26.4. The van der Waals surface area contributed by atoms with Gasteiger partial charge in [-0.3, -0.25) is 0 Å². The van der Waals surface area contributed by atoms with Crippen LogP contribution in [0.15, 0.2) is 60.7 Å². The summed E-state index contributed by atoms with van der Waals surface area (Å²) in [6, 6.07) is 24.7. The minimum Gasteiger partial charge on any atom is -0.335 e. The van der Waals surface area contributed by atoms with Crippen LogP contribution in [0.5, 0.6) is 0 Å². The van der Waals surface area contributed by atoms with Gasteiger partial charge in [0.15, 0.2) is 0 Å². The highest BCUT2D eigenvalue weighted by molar-refractivity contribution is 7.00. The van der Waals surface area contributed by atoms with Crippen LogP contribution in [0.4, 0.5) is 28.4 Å². The molecular formula is C43H51BN2. The molecule has 4 aromatic carbocycles. The molecule has 0 saturated heterocycles. The zero-order chi connectivity index (χ0) is 32.7. The zero-order valence-electron chi connectivity index (χ0n) is 30.1. The minimum absolute atomic E-state index is 0.0399. The second-order valence-electron chi connectivity index (χ2n) is 17.7. The van der Waals surface area contributed by atoms with Gasteiger partial charge in [0.25, 0.3) is 6.71 Å². The second kappa shape index (κ2) is 9.33. The maximum atomic E-state index is 2.85. The average Bonchev–Trinajstić information content (AvgIpc) is 3.17. The molecule has 1 saturated carbocycles. The van der Waals surface area contributed by atoms with Gasteiger partial charge in [0, 0.05) is 33.9 Å². The number of aryl methyl sites for hydroxylation is 3. The van der Waals surface area contributed by atoms with Crippen molar-refractivity contribution in [2.75, 3.05) is 9.80 Å². The second-order valence-corrected chi connectivity index (χ2v) is 17.7. The summed E-state index contributed by atoms with van der Waals surface area (Å²) in [5, 5.41) is 0. The van der Waals surface area contributed by atoms with Gasteiger partial charge in [0.2, 0.25) is 0 Å². The number of hydrogen-bond donors (Lipinski definition) is 0. The summed E-state index contributed by atoms with van der Waals surface area (Å²) in [5.41, 5.74) is 20.0. The molecule has 3 aliphatic heterocycles. The first-order valence-electron chi connectivity index (χ1n) is 17.7. The SMILES string of the molecule is Cc1ccc2c(c1)N(c1cc(C(C)(C)C)cc(C(C)(C)C)c1)c1cc(C)cc3c1B2c1cc(C)cc2c1N3C1(C)CCCCC21C. The van der Waals surface area contributed by atoms with Crippen LogP contribution < -0.4 is 26.2 Å². The Morgan fingerprint density at radius 2 is 1.24 bits per heavy atom. The number of nitrogens with zero attached hydrogens (tertiary/aromatic N) is 2. The van der Waals surface area contributed by atoms with Crippen LogP contribution in [-0.2, 0) is 16.2 Å². The Hall–Kier alpha value is -3.46. The summed E-state index contributed by atoms with van der Waals surface area (Å²) in [6.07, 6.45) is 5.09. The fraction of sp³-hybridized carbons (Fsp3) is 0.442. The van der Waals surface area contributed by atoms with E-state index < -0.39 is 0 Å². The molecule has 2 nitrogen and oxygen atoms in total. The van der Waals surface area contributed by atoms with Crippen LogP contribution in [0.1, 0.15) is 114 Å². The van der Waals surface area contributed by atoms with Crippen LogP contribution in [0.25, 0.3) is 0 Å². The molecule has 2 unspecified atom stereocenters. The Labute approximate surface area is 278 Å². The van der Waals surface area contributed by atoms with Gasteiger partial charge in [-0.05, 0) is 126 Å². The van der Waals surface area contributed by atoms with Gasteiger partial charge in [0.1, 0.15) is 0 Å². The molecule has 1 aliphatic carbocycles. The first-order chi connectivity index (χ1) is 21.5. The highest BCUT2D eigenvalue weighted by atomic mass is 15.3. The van der Waals surface area contributed by atoms with E-state index in [9.17, 15) is 0 Å². The molecule has 4 aliphatic rings. The Bertz CT molecular complexity index is 1920. The highest BCUT2D eigenvalue weighted by Gasteiger charge is 2.61. The molecule has 3 heteroatoms. The number of benzene rings is 4. The fourth-order valence-corrected chi connectivity index (χ4v) is 9.62. The van der Waals surface area contributed by atoms with Crippen molar-refractivity contribution in [3.05, 3.63) is 94.0 Å². The van der Waals surface area contributed by atoms with Crippen molar-refractivity contribution in [3.8, 4) is 0 Å². The van der Waals surface area contributed by atoms with Crippen LogP contribution >= 0.6 is 0 Å². The maximum Gasteiger partial charge on any atom is 0.252 e. The van der Waals surface area contributed by atoms with Crippen molar-refractivity contribution in [2.45, 2.75) is 124 Å². The third-order valence-electron chi connectivity index (χ3n) is 12.4. The van der Waals surface area contributed by atoms with Gasteiger partial charge >= 0.3 is 0 Å². The molecule has 0 radical (unpaired) electrons. The fourth-order valence-electron chi connectivity index (χ4n) is 9.62. The van der Waals surface area contributed by atoms with Gasteiger partial charge < -0.3 is 9.80 Å². The van der Waals surface area contributed by atoms with Crippen LogP contribution in [0, 0.1) is 20.8 Å². The molecule has 0 spiro atoms. The molecule has 4 aromatic rings. The van der Waals surface area contributed by atoms with Gasteiger partial charge in [-0.2, -0.15) is 0 Å². The summed E-state index contributed by atoms with van der Waals surface area (Å²) in [5.74, 6) is 0. The van der Waals surface area contributed by atoms with E-state index in [0.717, 1.165) is 0 Å². The number of hydrogen-bond acceptors (Lipinski definition) is 2. The Kier molecular flexibility index (Phi) is 6.07. The molecule has 2 atom stereocenters. The van der Waals surface area contributed by atoms with Crippen LogP contribution in [-0.4, -0.2) is 12.3 Å². The van der Waals surface area contributed by atoms with Crippen molar-refractivity contribution in [2.24, 2.45) is 0 Å². The Morgan fingerprint density at radius 3 is 1.91 bits per heavy atom. The third kappa shape index (κ3) is 3.90. The van der Waals surface area contributed by atoms with Crippen molar-refractivity contribution < 1.29 is 0 Å². The van der Waals surface area contributed by atoms with Crippen molar-refractivity contribution in [1.29, 1.82) is 0 Å². The monoisotopic (exact) mass is 606 g/mol. The van der Waals surface area contributed by atoms with E-state index in [1.807, 2.05) is 0 Å². The van der Waals surface area contributed by atoms with Gasteiger partial charge in [-0.1, -0.05) is 97.2 Å². The number of fused-ring (bicyclic) bond motifs is 7. The lowest BCUT2D eigenvalue weighted by Crippen LogP contribution is -2.64. The van der Waals surface area contributed by atoms with Gasteiger partial charge in [-0.25, -0.2) is 0 Å². The van der Waals surface area contributed by atoms with E-state index in [2.05, 4.69) is 147 Å². The Morgan fingerprint density at radius 1 is 0.630 bits per heavy atom. The zero-order valence-corrected chi connectivity index (χ0v) is 30.1. The molecule has 46 heavy (non-hydrogen) atoms. The topological polar surface area (TPSA) is 6.48 Å². The lowest BCUT2D eigenvalue weighted by molar-refractivity contribution is 0.195. The minimum atomic E-state index is 0.0399. The van der Waals surface area contributed by atoms with Crippen LogP contribution in [0.3, 0.4) is 0 Å². The van der Waals surface area contributed by atoms with Gasteiger partial charge in [-0.15, -0.1) is 0 Å². The maximum absolute atomic E-state index is 2.85. The first kappa shape index (κ1) is 29.9. The summed E-state index contributed by atoms with van der Waals surface area (Å²) in [4.78, 5) is 5.48. The molecule has 1 fully saturated rings. The number of anilines is 5. The van der Waals surface area contributed by atoms with E-state index >= 15 is 0 Å². The average molecular weight is 607 g/mol. The lowest BCUT2D eigenvalue weighted by atomic mass is 9.33. The normalized spacial score (nSPS) is 22.8. The highest BCUT2D eigenvalue weighted by Crippen LogP contribution is 2.62. The van der Waals surface area contributed by atoms with Crippen molar-refractivity contribution in [3.63, 3.8) is 0 Å². The van der Waals surface area contributed by atoms with Gasteiger partial charge in [0.05, 0.1) is 5.54 Å². The molecule has 236 valence electrons. The van der Waals surface area contributed by atoms with E-state index in [0.29, 0.717) is 0 Å². The molecule has 0 amide bonds.